The van der Waals surface area contributed by atoms with Crippen molar-refractivity contribution in [3.63, 3.8) is 0 Å². The number of benzene rings is 1. The van der Waals surface area contributed by atoms with Gasteiger partial charge in [-0.3, -0.25) is 9.59 Å². The van der Waals surface area contributed by atoms with Crippen molar-refractivity contribution in [1.82, 2.24) is 4.90 Å². The van der Waals surface area contributed by atoms with Crippen molar-refractivity contribution < 1.29 is 24.2 Å². The van der Waals surface area contributed by atoms with Crippen LogP contribution in [0.1, 0.15) is 28.8 Å². The minimum absolute atomic E-state index is 0.0951. The van der Waals surface area contributed by atoms with Crippen LogP contribution in [0.25, 0.3) is 0 Å². The van der Waals surface area contributed by atoms with Crippen LogP contribution < -0.4 is 9.47 Å². The Balaban J connectivity index is 2.18. The van der Waals surface area contributed by atoms with Crippen LogP contribution in [0.5, 0.6) is 11.5 Å². The van der Waals surface area contributed by atoms with E-state index < -0.39 is 5.97 Å². The Labute approximate surface area is 129 Å². The highest BCUT2D eigenvalue weighted by atomic mass is 16.5. The van der Waals surface area contributed by atoms with Gasteiger partial charge in [-0.1, -0.05) is 0 Å². The number of likely N-dealkylation sites (tertiary alicyclic amines) is 1. The predicted octanol–water partition coefficient (Wildman–Crippen LogP) is 1.95. The molecule has 1 aromatic rings. The van der Waals surface area contributed by atoms with Gasteiger partial charge in [0, 0.05) is 18.7 Å². The maximum absolute atomic E-state index is 12.6. The zero-order valence-electron chi connectivity index (χ0n) is 13.1. The summed E-state index contributed by atoms with van der Waals surface area (Å²) in [5, 5.41) is 9.02. The number of hydrogen-bond donors (Lipinski definition) is 1. The zero-order valence-corrected chi connectivity index (χ0v) is 13.1. The van der Waals surface area contributed by atoms with Gasteiger partial charge in [0.05, 0.1) is 20.1 Å². The van der Waals surface area contributed by atoms with E-state index in [1.807, 2.05) is 6.92 Å². The molecule has 120 valence electrons. The number of rotatable bonds is 4. The summed E-state index contributed by atoms with van der Waals surface area (Å²) in [6, 6.07) is 3.45. The molecule has 0 spiro atoms. The van der Waals surface area contributed by atoms with Crippen LogP contribution in [0.4, 0.5) is 0 Å². The predicted molar refractivity (Wildman–Crippen MR) is 80.5 cm³/mol. The highest BCUT2D eigenvalue weighted by Gasteiger charge is 2.28. The molecule has 0 aromatic heterocycles. The fourth-order valence-corrected chi connectivity index (χ4v) is 2.71. The van der Waals surface area contributed by atoms with E-state index in [2.05, 4.69) is 0 Å². The molecular formula is C16H21NO5. The normalized spacial score (nSPS) is 15.5. The molecule has 0 saturated carbocycles. The molecule has 0 bridgehead atoms. The highest BCUT2D eigenvalue weighted by Crippen LogP contribution is 2.31. The highest BCUT2D eigenvalue weighted by molar-refractivity contribution is 5.96. The van der Waals surface area contributed by atoms with Crippen LogP contribution in [-0.4, -0.2) is 49.2 Å². The quantitative estimate of drug-likeness (QED) is 0.920. The molecule has 1 fully saturated rings. The van der Waals surface area contributed by atoms with E-state index in [0.29, 0.717) is 43.0 Å². The smallest absolute Gasteiger partial charge is 0.306 e. The number of aryl methyl sites for hydroxylation is 1. The first-order valence-corrected chi connectivity index (χ1v) is 7.22. The first-order chi connectivity index (χ1) is 10.5. The number of hydrogen-bond acceptors (Lipinski definition) is 4. The second kappa shape index (κ2) is 6.68. The van der Waals surface area contributed by atoms with Gasteiger partial charge in [0.25, 0.3) is 5.91 Å². The Kier molecular flexibility index (Phi) is 4.90. The van der Waals surface area contributed by atoms with Crippen molar-refractivity contribution in [2.45, 2.75) is 19.8 Å². The minimum Gasteiger partial charge on any atom is -0.493 e. The van der Waals surface area contributed by atoms with Crippen LogP contribution in [0.2, 0.25) is 0 Å². The number of carboxylic acids is 1. The lowest BCUT2D eigenvalue weighted by Crippen LogP contribution is -2.40. The van der Waals surface area contributed by atoms with Crippen molar-refractivity contribution in [3.05, 3.63) is 23.3 Å². The number of carboxylic acid groups (broad SMARTS) is 1. The molecule has 1 aromatic carbocycles. The minimum atomic E-state index is -0.783. The molecule has 1 aliphatic rings. The third-order valence-corrected chi connectivity index (χ3v) is 4.09. The van der Waals surface area contributed by atoms with E-state index >= 15 is 0 Å². The molecule has 0 atom stereocenters. The van der Waals surface area contributed by atoms with Gasteiger partial charge >= 0.3 is 5.97 Å². The lowest BCUT2D eigenvalue weighted by molar-refractivity contribution is -0.143. The topological polar surface area (TPSA) is 76.1 Å². The first-order valence-electron chi connectivity index (χ1n) is 7.22. The molecule has 22 heavy (non-hydrogen) atoms. The average molecular weight is 307 g/mol. The number of aliphatic carboxylic acids is 1. The summed E-state index contributed by atoms with van der Waals surface area (Å²) in [6.45, 7) is 2.77. The van der Waals surface area contributed by atoms with E-state index in [1.54, 1.807) is 24.1 Å². The Morgan fingerprint density at radius 3 is 2.18 bits per heavy atom. The third-order valence-electron chi connectivity index (χ3n) is 4.09. The van der Waals surface area contributed by atoms with Crippen LogP contribution in [-0.2, 0) is 4.79 Å². The third kappa shape index (κ3) is 3.16. The fraction of sp³-hybridized carbons (Fsp3) is 0.500. The number of piperidine rings is 1. The van der Waals surface area contributed by atoms with Crippen LogP contribution >= 0.6 is 0 Å². The Bertz CT molecular complexity index is 576. The lowest BCUT2D eigenvalue weighted by Gasteiger charge is -2.30. The van der Waals surface area contributed by atoms with Crippen LogP contribution in [0, 0.1) is 12.8 Å². The number of carbonyl (C=O) groups is 2. The van der Waals surface area contributed by atoms with E-state index in [-0.39, 0.29) is 11.8 Å². The molecule has 0 aliphatic carbocycles. The van der Waals surface area contributed by atoms with Crippen molar-refractivity contribution >= 4 is 11.9 Å². The summed E-state index contributed by atoms with van der Waals surface area (Å²) in [6.07, 6.45) is 0.987. The van der Waals surface area contributed by atoms with E-state index in [9.17, 15) is 9.59 Å². The van der Waals surface area contributed by atoms with Gasteiger partial charge in [0.15, 0.2) is 11.5 Å². The lowest BCUT2D eigenvalue weighted by atomic mass is 9.96. The second-order valence-electron chi connectivity index (χ2n) is 5.43. The standard InChI is InChI=1S/C16H21NO5/c1-10-8-13(21-2)14(22-3)9-12(10)15(18)17-6-4-11(5-7-17)16(19)20/h8-9,11H,4-7H2,1-3H3,(H,19,20). The van der Waals surface area contributed by atoms with Crippen molar-refractivity contribution in [3.8, 4) is 11.5 Å². The molecule has 1 heterocycles. The summed E-state index contributed by atoms with van der Waals surface area (Å²) in [7, 11) is 3.08. The summed E-state index contributed by atoms with van der Waals surface area (Å²) in [4.78, 5) is 25.3. The van der Waals surface area contributed by atoms with Gasteiger partial charge in [-0.25, -0.2) is 0 Å². The maximum Gasteiger partial charge on any atom is 0.306 e. The number of nitrogens with zero attached hydrogens (tertiary/aromatic N) is 1. The van der Waals surface area contributed by atoms with Gasteiger partial charge in [0.2, 0.25) is 0 Å². The summed E-state index contributed by atoms with van der Waals surface area (Å²) < 4.78 is 10.5. The number of ether oxygens (including phenoxy) is 2. The van der Waals surface area contributed by atoms with Crippen LogP contribution in [0.15, 0.2) is 12.1 Å². The molecule has 6 heteroatoms. The summed E-state index contributed by atoms with van der Waals surface area (Å²) in [5.74, 6) is -0.134. The summed E-state index contributed by atoms with van der Waals surface area (Å²) >= 11 is 0. The average Bonchev–Trinajstić information content (AvgIpc) is 2.53. The molecule has 1 aliphatic heterocycles. The largest absolute Gasteiger partial charge is 0.493 e. The molecule has 0 radical (unpaired) electrons. The van der Waals surface area contributed by atoms with Gasteiger partial charge in [-0.2, -0.15) is 0 Å². The maximum atomic E-state index is 12.6. The van der Waals surface area contributed by atoms with Crippen molar-refractivity contribution in [2.75, 3.05) is 27.3 Å². The fourth-order valence-electron chi connectivity index (χ4n) is 2.71. The van der Waals surface area contributed by atoms with E-state index in [0.717, 1.165) is 5.56 Å². The molecule has 1 amide bonds. The van der Waals surface area contributed by atoms with Gasteiger partial charge in [-0.15, -0.1) is 0 Å². The molecule has 6 nitrogen and oxygen atoms in total. The van der Waals surface area contributed by atoms with Crippen molar-refractivity contribution in [1.29, 1.82) is 0 Å². The van der Waals surface area contributed by atoms with Gasteiger partial charge in [-0.05, 0) is 37.5 Å². The molecule has 0 unspecified atom stereocenters. The molecule has 1 N–H and O–H groups in total. The Morgan fingerprint density at radius 2 is 1.68 bits per heavy atom. The zero-order chi connectivity index (χ0) is 16.3. The monoisotopic (exact) mass is 307 g/mol. The SMILES string of the molecule is COc1cc(C)c(C(=O)N2CCC(C(=O)O)CC2)cc1OC. The molecular weight excluding hydrogens is 286 g/mol. The number of amides is 1. The Hall–Kier alpha value is -2.24. The first kappa shape index (κ1) is 16.1. The Morgan fingerprint density at radius 1 is 1.14 bits per heavy atom. The molecule has 2 rings (SSSR count). The van der Waals surface area contributed by atoms with E-state index in [4.69, 9.17) is 14.6 Å². The van der Waals surface area contributed by atoms with Gasteiger partial charge in [0.1, 0.15) is 0 Å². The molecule has 1 saturated heterocycles. The summed E-state index contributed by atoms with van der Waals surface area (Å²) in [5.41, 5.74) is 1.37. The second-order valence-corrected chi connectivity index (χ2v) is 5.43. The number of methoxy groups -OCH3 is 2. The number of carbonyl (C=O) groups excluding carboxylic acids is 1. The van der Waals surface area contributed by atoms with E-state index in [1.165, 1.54) is 7.11 Å². The van der Waals surface area contributed by atoms with Gasteiger partial charge < -0.3 is 19.5 Å². The van der Waals surface area contributed by atoms with Crippen molar-refractivity contribution in [2.24, 2.45) is 5.92 Å². The van der Waals surface area contributed by atoms with Crippen LogP contribution in [0.3, 0.4) is 0 Å².